The van der Waals surface area contributed by atoms with Crippen LogP contribution < -0.4 is 5.32 Å². The number of non-ortho nitro benzene ring substituents is 1. The lowest BCUT2D eigenvalue weighted by atomic mass is 10.2. The van der Waals surface area contributed by atoms with Gasteiger partial charge in [0.1, 0.15) is 0 Å². The molecule has 0 bridgehead atoms. The first-order chi connectivity index (χ1) is 8.06. The monoisotopic (exact) mass is 304 g/mol. The predicted molar refractivity (Wildman–Crippen MR) is 65.6 cm³/mol. The highest BCUT2D eigenvalue weighted by Gasteiger charge is 2.10. The lowest BCUT2D eigenvalue weighted by Crippen LogP contribution is -2.35. The van der Waals surface area contributed by atoms with Crippen molar-refractivity contribution in [1.29, 1.82) is 0 Å². The molecule has 3 N–H and O–H groups in total. The standard InChI is InChI=1S/C10H13BrN2O4/c11-8-1-7(2-10(3-8)13(16)17)4-12-9(5-14)6-15/h1-3,9,12,14-15H,4-6H2. The molecule has 1 aromatic carbocycles. The molecule has 0 saturated carbocycles. The maximum absolute atomic E-state index is 10.6. The fraction of sp³-hybridized carbons (Fsp3) is 0.400. The molecule has 17 heavy (non-hydrogen) atoms. The first-order valence-electron chi connectivity index (χ1n) is 4.95. The van der Waals surface area contributed by atoms with Crippen LogP contribution in [0.4, 0.5) is 5.69 Å². The van der Waals surface area contributed by atoms with Crippen molar-refractivity contribution in [3.8, 4) is 0 Å². The van der Waals surface area contributed by atoms with Crippen molar-refractivity contribution in [3.05, 3.63) is 38.3 Å². The SMILES string of the molecule is O=[N+]([O-])c1cc(Br)cc(CNC(CO)CO)c1. The van der Waals surface area contributed by atoms with Crippen LogP contribution in [0.2, 0.25) is 0 Å². The molecule has 0 aliphatic carbocycles. The molecule has 0 amide bonds. The van der Waals surface area contributed by atoms with E-state index >= 15 is 0 Å². The van der Waals surface area contributed by atoms with Gasteiger partial charge in [-0.2, -0.15) is 0 Å². The fourth-order valence-corrected chi connectivity index (χ4v) is 1.82. The molecule has 0 radical (unpaired) electrons. The van der Waals surface area contributed by atoms with Crippen molar-refractivity contribution in [2.24, 2.45) is 0 Å². The number of nitro groups is 1. The van der Waals surface area contributed by atoms with Gasteiger partial charge in [-0.3, -0.25) is 10.1 Å². The summed E-state index contributed by atoms with van der Waals surface area (Å²) >= 11 is 3.19. The minimum atomic E-state index is -0.468. The van der Waals surface area contributed by atoms with Crippen LogP contribution in [-0.4, -0.2) is 34.4 Å². The molecular formula is C10H13BrN2O4. The maximum atomic E-state index is 10.6. The molecular weight excluding hydrogens is 292 g/mol. The van der Waals surface area contributed by atoms with E-state index < -0.39 is 11.0 Å². The Balaban J connectivity index is 2.74. The van der Waals surface area contributed by atoms with E-state index in [0.29, 0.717) is 16.6 Å². The first-order valence-corrected chi connectivity index (χ1v) is 5.75. The van der Waals surface area contributed by atoms with Gasteiger partial charge in [0.15, 0.2) is 0 Å². The number of aliphatic hydroxyl groups is 2. The molecule has 0 aromatic heterocycles. The largest absolute Gasteiger partial charge is 0.395 e. The summed E-state index contributed by atoms with van der Waals surface area (Å²) in [5, 5.41) is 31.2. The lowest BCUT2D eigenvalue weighted by molar-refractivity contribution is -0.385. The van der Waals surface area contributed by atoms with Crippen LogP contribution in [0.3, 0.4) is 0 Å². The van der Waals surface area contributed by atoms with Crippen LogP contribution in [0.15, 0.2) is 22.7 Å². The van der Waals surface area contributed by atoms with E-state index in [1.54, 1.807) is 6.07 Å². The molecule has 0 saturated heterocycles. The fourth-order valence-electron chi connectivity index (χ4n) is 1.29. The Hall–Kier alpha value is -1.02. The number of hydrogen-bond acceptors (Lipinski definition) is 5. The van der Waals surface area contributed by atoms with Crippen LogP contribution >= 0.6 is 15.9 Å². The normalized spacial score (nSPS) is 10.8. The topological polar surface area (TPSA) is 95.6 Å². The third kappa shape index (κ3) is 4.39. The molecule has 0 atom stereocenters. The number of rotatable bonds is 6. The smallest absolute Gasteiger partial charge is 0.270 e. The highest BCUT2D eigenvalue weighted by molar-refractivity contribution is 9.10. The minimum Gasteiger partial charge on any atom is -0.395 e. The van der Waals surface area contributed by atoms with E-state index in [9.17, 15) is 10.1 Å². The van der Waals surface area contributed by atoms with Gasteiger partial charge in [-0.05, 0) is 11.6 Å². The van der Waals surface area contributed by atoms with Crippen LogP contribution in [0, 0.1) is 10.1 Å². The van der Waals surface area contributed by atoms with Gasteiger partial charge < -0.3 is 15.5 Å². The number of nitrogens with one attached hydrogen (secondary N) is 1. The summed E-state index contributed by atoms with van der Waals surface area (Å²) in [6.07, 6.45) is 0. The van der Waals surface area contributed by atoms with Crippen molar-refractivity contribution >= 4 is 21.6 Å². The second-order valence-electron chi connectivity index (χ2n) is 3.52. The van der Waals surface area contributed by atoms with Crippen LogP contribution in [-0.2, 0) is 6.54 Å². The van der Waals surface area contributed by atoms with E-state index in [1.165, 1.54) is 12.1 Å². The van der Waals surface area contributed by atoms with E-state index in [4.69, 9.17) is 10.2 Å². The number of benzene rings is 1. The molecule has 0 heterocycles. The van der Waals surface area contributed by atoms with Gasteiger partial charge in [0.25, 0.3) is 5.69 Å². The molecule has 0 unspecified atom stereocenters. The molecule has 0 aliphatic rings. The number of halogens is 1. The summed E-state index contributed by atoms with van der Waals surface area (Å²) in [6, 6.07) is 4.18. The molecule has 7 heteroatoms. The van der Waals surface area contributed by atoms with Gasteiger partial charge in [-0.15, -0.1) is 0 Å². The Morgan fingerprint density at radius 2 is 2.00 bits per heavy atom. The number of aliphatic hydroxyl groups excluding tert-OH is 2. The summed E-state index contributed by atoms with van der Waals surface area (Å²) in [7, 11) is 0. The zero-order chi connectivity index (χ0) is 12.8. The molecule has 94 valence electrons. The summed E-state index contributed by atoms with van der Waals surface area (Å²) in [5.41, 5.74) is 0.707. The summed E-state index contributed by atoms with van der Waals surface area (Å²) < 4.78 is 0.619. The van der Waals surface area contributed by atoms with Crippen molar-refractivity contribution in [2.45, 2.75) is 12.6 Å². The van der Waals surface area contributed by atoms with Gasteiger partial charge in [-0.25, -0.2) is 0 Å². The molecule has 1 aromatic rings. The number of nitrogens with zero attached hydrogens (tertiary/aromatic N) is 1. The van der Waals surface area contributed by atoms with Gasteiger partial charge in [0.2, 0.25) is 0 Å². The van der Waals surface area contributed by atoms with Crippen LogP contribution in [0.1, 0.15) is 5.56 Å². The Kier molecular flexibility index (Phi) is 5.49. The molecule has 0 spiro atoms. The highest BCUT2D eigenvalue weighted by atomic mass is 79.9. The van der Waals surface area contributed by atoms with Crippen LogP contribution in [0.25, 0.3) is 0 Å². The Labute approximate surface area is 107 Å². The van der Waals surface area contributed by atoms with Gasteiger partial charge in [0.05, 0.1) is 24.2 Å². The number of hydrogen-bond donors (Lipinski definition) is 3. The van der Waals surface area contributed by atoms with Crippen molar-refractivity contribution in [2.75, 3.05) is 13.2 Å². The summed E-state index contributed by atoms with van der Waals surface area (Å²) in [5.74, 6) is 0. The summed E-state index contributed by atoms with van der Waals surface area (Å²) in [6.45, 7) is -0.0364. The summed E-state index contributed by atoms with van der Waals surface area (Å²) in [4.78, 5) is 10.2. The minimum absolute atomic E-state index is 0.000668. The van der Waals surface area contributed by atoms with Gasteiger partial charge >= 0.3 is 0 Å². The molecule has 6 nitrogen and oxygen atoms in total. The Morgan fingerprint density at radius 1 is 1.35 bits per heavy atom. The van der Waals surface area contributed by atoms with Gasteiger partial charge in [0, 0.05) is 23.2 Å². The van der Waals surface area contributed by atoms with Gasteiger partial charge in [-0.1, -0.05) is 15.9 Å². The Bertz CT molecular complexity index is 396. The third-order valence-corrected chi connectivity index (χ3v) is 2.65. The first kappa shape index (κ1) is 14.0. The van der Waals surface area contributed by atoms with E-state index in [2.05, 4.69) is 21.2 Å². The van der Waals surface area contributed by atoms with E-state index in [0.717, 1.165) is 0 Å². The average Bonchev–Trinajstić information content (AvgIpc) is 2.29. The predicted octanol–water partition coefficient (Wildman–Crippen LogP) is 0.800. The van der Waals surface area contributed by atoms with Crippen LogP contribution in [0.5, 0.6) is 0 Å². The zero-order valence-electron chi connectivity index (χ0n) is 8.97. The third-order valence-electron chi connectivity index (χ3n) is 2.19. The second kappa shape index (κ2) is 6.65. The number of nitro benzene ring substituents is 1. The van der Waals surface area contributed by atoms with Crippen molar-refractivity contribution < 1.29 is 15.1 Å². The Morgan fingerprint density at radius 3 is 2.53 bits per heavy atom. The zero-order valence-corrected chi connectivity index (χ0v) is 10.6. The highest BCUT2D eigenvalue weighted by Crippen LogP contribution is 2.21. The lowest BCUT2D eigenvalue weighted by Gasteiger charge is -2.13. The molecule has 1 rings (SSSR count). The quantitative estimate of drug-likeness (QED) is 0.534. The second-order valence-corrected chi connectivity index (χ2v) is 4.43. The maximum Gasteiger partial charge on any atom is 0.270 e. The average molecular weight is 305 g/mol. The van der Waals surface area contributed by atoms with Crippen molar-refractivity contribution in [3.63, 3.8) is 0 Å². The molecule has 0 fully saturated rings. The van der Waals surface area contributed by atoms with E-state index in [1.807, 2.05) is 0 Å². The van der Waals surface area contributed by atoms with Crippen molar-refractivity contribution in [1.82, 2.24) is 5.32 Å². The molecule has 0 aliphatic heterocycles. The van der Waals surface area contributed by atoms with E-state index in [-0.39, 0.29) is 18.9 Å².